The molecule has 0 saturated heterocycles. The van der Waals surface area contributed by atoms with Crippen molar-refractivity contribution in [1.29, 1.82) is 0 Å². The highest BCUT2D eigenvalue weighted by Gasteiger charge is 2.28. The van der Waals surface area contributed by atoms with Gasteiger partial charge in [-0.15, -0.1) is 0 Å². The molecule has 0 aromatic heterocycles. The molecule has 0 bridgehead atoms. The number of allylic oxidation sites excluding steroid dienone is 12. The Morgan fingerprint density at radius 2 is 0.845 bits per heavy atom. The van der Waals surface area contributed by atoms with Gasteiger partial charge in [-0.2, -0.15) is 0 Å². The van der Waals surface area contributed by atoms with E-state index < -0.39 is 20.0 Å². The van der Waals surface area contributed by atoms with E-state index in [-0.39, 0.29) is 19.1 Å². The third kappa shape index (κ3) is 55.5. The highest BCUT2D eigenvalue weighted by atomic mass is 31.2. The number of aliphatic hydroxyl groups excluding tert-OH is 1. The van der Waals surface area contributed by atoms with Crippen LogP contribution in [-0.4, -0.2) is 73.4 Å². The lowest BCUT2D eigenvalue weighted by atomic mass is 10.0. The fourth-order valence-electron chi connectivity index (χ4n) is 8.58. The minimum absolute atomic E-state index is 0.0714. The SMILES string of the molecule is CC/C=C\C/C=C\C/C=C\C/C=C\C/C=C\C/C=C\CCCCCCCCCCCCC(=O)NC(COP(=O)(O)OCC[N+](C)(C)C)C(O)CCCCCCCCCCCCCCCCCCCCCC. The van der Waals surface area contributed by atoms with Crippen LogP contribution in [0.4, 0.5) is 0 Å². The number of nitrogens with one attached hydrogen (secondary N) is 1. The van der Waals surface area contributed by atoms with Gasteiger partial charge in [0.1, 0.15) is 13.2 Å². The number of carbonyl (C=O) groups is 1. The van der Waals surface area contributed by atoms with E-state index in [1.165, 1.54) is 161 Å². The Balaban J connectivity index is 4.17. The van der Waals surface area contributed by atoms with E-state index in [1.54, 1.807) is 0 Å². The number of likely N-dealkylation sites (N-methyl/N-ethyl adjacent to an activating group) is 1. The molecule has 3 atom stereocenters. The highest BCUT2D eigenvalue weighted by Crippen LogP contribution is 2.43. The molecule has 8 nitrogen and oxygen atoms in total. The molecule has 0 heterocycles. The molecule has 0 aliphatic heterocycles. The fourth-order valence-corrected chi connectivity index (χ4v) is 9.32. The molecule has 0 saturated carbocycles. The first-order valence-corrected chi connectivity index (χ1v) is 31.3. The molecule has 0 rings (SSSR count). The van der Waals surface area contributed by atoms with E-state index in [9.17, 15) is 19.4 Å². The van der Waals surface area contributed by atoms with Crippen LogP contribution in [-0.2, 0) is 18.4 Å². The Morgan fingerprint density at radius 3 is 1.24 bits per heavy atom. The van der Waals surface area contributed by atoms with Crippen LogP contribution >= 0.6 is 7.82 Å². The van der Waals surface area contributed by atoms with Crippen molar-refractivity contribution in [3.8, 4) is 0 Å². The van der Waals surface area contributed by atoms with E-state index in [4.69, 9.17) is 9.05 Å². The average molecular weight is 1020 g/mol. The number of carbonyl (C=O) groups excluding carboxylic acids is 1. The van der Waals surface area contributed by atoms with Crippen molar-refractivity contribution in [3.05, 3.63) is 72.9 Å². The number of quaternary nitrogens is 1. The Hall–Kier alpha value is -2.06. The minimum atomic E-state index is -4.33. The first kappa shape index (κ1) is 68.9. The molecule has 0 fully saturated rings. The molecule has 0 aromatic rings. The van der Waals surface area contributed by atoms with E-state index >= 15 is 0 Å². The minimum Gasteiger partial charge on any atom is -0.391 e. The Kier molecular flexibility index (Phi) is 51.3. The van der Waals surface area contributed by atoms with Crippen LogP contribution in [0, 0.1) is 0 Å². The highest BCUT2D eigenvalue weighted by molar-refractivity contribution is 7.47. The van der Waals surface area contributed by atoms with Gasteiger partial charge in [-0.25, -0.2) is 4.57 Å². The van der Waals surface area contributed by atoms with Crippen LogP contribution in [0.25, 0.3) is 0 Å². The Bertz CT molecular complexity index is 1380. The Morgan fingerprint density at radius 1 is 0.493 bits per heavy atom. The molecule has 0 spiro atoms. The summed E-state index contributed by atoms with van der Waals surface area (Å²) >= 11 is 0. The summed E-state index contributed by atoms with van der Waals surface area (Å²) in [4.78, 5) is 23.4. The van der Waals surface area contributed by atoms with Crippen LogP contribution in [0.2, 0.25) is 0 Å². The first-order chi connectivity index (χ1) is 34.5. The van der Waals surface area contributed by atoms with Gasteiger partial charge in [0.25, 0.3) is 0 Å². The number of rotatable bonds is 54. The summed E-state index contributed by atoms with van der Waals surface area (Å²) in [6.45, 7) is 4.79. The predicted octanol–water partition coefficient (Wildman–Crippen LogP) is 18.3. The maximum absolute atomic E-state index is 13.0. The van der Waals surface area contributed by atoms with Crippen LogP contribution in [0.1, 0.15) is 264 Å². The van der Waals surface area contributed by atoms with E-state index in [0.717, 1.165) is 77.0 Å². The molecular weight excluding hydrogens is 900 g/mol. The standard InChI is InChI=1S/C62H115N2O6P/c1-6-8-10-12-14-16-18-20-22-24-26-28-29-30-31-32-33-34-35-36-38-40-42-44-46-48-50-52-54-56-62(66)63-60(59-70-71(67,68)69-58-57-64(3,4)5)61(65)55-53-51-49-47-45-43-41-39-37-27-25-23-21-19-17-15-13-11-9-7-2/h8,10,14,16,20,22,26,28,30-31,33-34,60-61,65H,6-7,9,11-13,15,17-19,21,23-25,27,29,32,35-59H2,1-5H3,(H-,63,66,67,68)/p+1/b10-8-,16-14-,22-20-,28-26-,31-30-,34-33-. The molecule has 0 radical (unpaired) electrons. The van der Waals surface area contributed by atoms with Crippen molar-refractivity contribution >= 4 is 13.7 Å². The molecule has 0 aliphatic carbocycles. The number of phosphoric ester groups is 1. The maximum atomic E-state index is 13.0. The van der Waals surface area contributed by atoms with Gasteiger partial charge in [-0.1, -0.05) is 267 Å². The van der Waals surface area contributed by atoms with Crippen molar-refractivity contribution in [2.75, 3.05) is 40.9 Å². The van der Waals surface area contributed by atoms with Crippen molar-refractivity contribution in [1.82, 2.24) is 5.32 Å². The summed E-state index contributed by atoms with van der Waals surface area (Å²) in [5.41, 5.74) is 0. The third-order valence-corrected chi connectivity index (χ3v) is 14.2. The monoisotopic (exact) mass is 1020 g/mol. The fraction of sp³-hybridized carbons (Fsp3) is 0.790. The first-order valence-electron chi connectivity index (χ1n) is 29.8. The zero-order valence-electron chi connectivity index (χ0n) is 47.2. The summed E-state index contributed by atoms with van der Waals surface area (Å²) in [6, 6.07) is -0.768. The number of hydrogen-bond donors (Lipinski definition) is 3. The Labute approximate surface area is 440 Å². The molecular formula is C62H116N2O6P+. The third-order valence-electron chi connectivity index (χ3n) is 13.2. The quantitative estimate of drug-likeness (QED) is 0.0243. The lowest BCUT2D eigenvalue weighted by Crippen LogP contribution is -2.46. The van der Waals surface area contributed by atoms with Gasteiger partial charge in [-0.05, 0) is 64.2 Å². The van der Waals surface area contributed by atoms with Crippen LogP contribution in [0.15, 0.2) is 72.9 Å². The van der Waals surface area contributed by atoms with Gasteiger partial charge in [0.05, 0.1) is 39.9 Å². The summed E-state index contributed by atoms with van der Waals surface area (Å²) in [5.74, 6) is -0.149. The summed E-state index contributed by atoms with van der Waals surface area (Å²) < 4.78 is 23.8. The molecule has 3 unspecified atom stereocenters. The number of phosphoric acid groups is 1. The lowest BCUT2D eigenvalue weighted by Gasteiger charge is -2.26. The number of amides is 1. The van der Waals surface area contributed by atoms with Crippen LogP contribution < -0.4 is 5.32 Å². The van der Waals surface area contributed by atoms with Gasteiger partial charge >= 0.3 is 7.82 Å². The molecule has 71 heavy (non-hydrogen) atoms. The van der Waals surface area contributed by atoms with Gasteiger partial charge in [0, 0.05) is 6.42 Å². The zero-order chi connectivity index (χ0) is 52.0. The summed E-state index contributed by atoms with van der Waals surface area (Å²) in [7, 11) is 1.61. The smallest absolute Gasteiger partial charge is 0.391 e. The van der Waals surface area contributed by atoms with Crippen LogP contribution in [0.5, 0.6) is 0 Å². The van der Waals surface area contributed by atoms with Crippen molar-refractivity contribution in [2.45, 2.75) is 276 Å². The predicted molar refractivity (Wildman–Crippen MR) is 309 cm³/mol. The zero-order valence-corrected chi connectivity index (χ0v) is 48.1. The number of hydrogen-bond acceptors (Lipinski definition) is 5. The second kappa shape index (κ2) is 52.8. The van der Waals surface area contributed by atoms with E-state index in [0.29, 0.717) is 23.9 Å². The van der Waals surface area contributed by atoms with Crippen molar-refractivity contribution in [2.24, 2.45) is 0 Å². The molecule has 9 heteroatoms. The molecule has 0 aliphatic rings. The number of unbranched alkanes of at least 4 members (excludes halogenated alkanes) is 29. The number of nitrogens with zero attached hydrogens (tertiary/aromatic N) is 1. The van der Waals surface area contributed by atoms with Gasteiger partial charge < -0.3 is 19.8 Å². The molecule has 3 N–H and O–H groups in total. The topological polar surface area (TPSA) is 105 Å². The van der Waals surface area contributed by atoms with Crippen molar-refractivity contribution < 1.29 is 32.9 Å². The lowest BCUT2D eigenvalue weighted by molar-refractivity contribution is -0.870. The average Bonchev–Trinajstić information content (AvgIpc) is 3.33. The normalized spacial score (nSPS) is 14.4. The largest absolute Gasteiger partial charge is 0.472 e. The van der Waals surface area contributed by atoms with Gasteiger partial charge in [-0.3, -0.25) is 13.8 Å². The van der Waals surface area contributed by atoms with Crippen LogP contribution in [0.3, 0.4) is 0 Å². The summed E-state index contributed by atoms with van der Waals surface area (Å²) in [6.07, 6.45) is 72.4. The molecule has 0 aromatic carbocycles. The number of aliphatic hydroxyl groups is 1. The molecule has 414 valence electrons. The van der Waals surface area contributed by atoms with Gasteiger partial charge in [0.15, 0.2) is 0 Å². The summed E-state index contributed by atoms with van der Waals surface area (Å²) in [5, 5.41) is 14.1. The maximum Gasteiger partial charge on any atom is 0.472 e. The van der Waals surface area contributed by atoms with Crippen molar-refractivity contribution in [3.63, 3.8) is 0 Å². The van der Waals surface area contributed by atoms with Gasteiger partial charge in [0.2, 0.25) is 5.91 Å². The second-order valence-electron chi connectivity index (χ2n) is 21.3. The van der Waals surface area contributed by atoms with E-state index in [2.05, 4.69) is 92.1 Å². The molecule has 1 amide bonds. The second-order valence-corrected chi connectivity index (χ2v) is 22.8. The van der Waals surface area contributed by atoms with E-state index in [1.807, 2.05) is 21.1 Å².